The zero-order valence-electron chi connectivity index (χ0n) is 5.68. The van der Waals surface area contributed by atoms with Crippen molar-refractivity contribution in [1.29, 1.82) is 0 Å². The summed E-state index contributed by atoms with van der Waals surface area (Å²) in [7, 11) is 0. The Labute approximate surface area is 66.8 Å². The molecule has 0 aliphatic heterocycles. The highest BCUT2D eigenvalue weighted by Crippen LogP contribution is 2.36. The molecule has 0 spiro atoms. The second-order valence-corrected chi connectivity index (χ2v) is 2.01. The monoisotopic (exact) mass is 214 g/mol. The summed E-state index contributed by atoms with van der Waals surface area (Å²) in [5.74, 6) is -5.24. The van der Waals surface area contributed by atoms with Gasteiger partial charge < -0.3 is 0 Å². The molecule has 0 saturated carbocycles. The van der Waals surface area contributed by atoms with Crippen molar-refractivity contribution in [2.75, 3.05) is 0 Å². The minimum atomic E-state index is -5.87. The molecule has 78 valence electrons. The van der Waals surface area contributed by atoms with Crippen LogP contribution in [0.4, 0.5) is 35.1 Å². The molecule has 0 radical (unpaired) electrons. The van der Waals surface area contributed by atoms with Crippen LogP contribution >= 0.6 is 0 Å². The summed E-state index contributed by atoms with van der Waals surface area (Å²) >= 11 is 0. The molecule has 0 N–H and O–H groups in total. The minimum Gasteiger partial charge on any atom is -0.230 e. The van der Waals surface area contributed by atoms with E-state index < -0.39 is 30.4 Å². The smallest absolute Gasteiger partial charge is 0.230 e. The van der Waals surface area contributed by atoms with Crippen molar-refractivity contribution < 1.29 is 35.1 Å². The molecule has 13 heavy (non-hydrogen) atoms. The Morgan fingerprint density at radius 3 is 1.62 bits per heavy atom. The molecule has 0 fully saturated rings. The molecule has 0 heterocycles. The number of hydrogen-bond donors (Lipinski definition) is 0. The van der Waals surface area contributed by atoms with E-state index in [4.69, 9.17) is 0 Å². The number of alkyl halides is 6. The molecular weight excluding hydrogens is 212 g/mol. The van der Waals surface area contributed by atoms with Crippen LogP contribution in [0.2, 0.25) is 0 Å². The largest absolute Gasteiger partial charge is 0.426 e. The lowest BCUT2D eigenvalue weighted by Crippen LogP contribution is -2.40. The molecule has 0 saturated heterocycles. The Morgan fingerprint density at radius 1 is 1.00 bits per heavy atom. The first-order valence-electron chi connectivity index (χ1n) is 2.70. The summed E-state index contributed by atoms with van der Waals surface area (Å²) in [6.07, 6.45) is -14.9. The second kappa shape index (κ2) is 3.51. The molecule has 1 unspecified atom stereocenters. The van der Waals surface area contributed by atoms with Gasteiger partial charge in [-0.3, -0.25) is 0 Å². The van der Waals surface area contributed by atoms with Crippen LogP contribution in [0, 0.1) is 0 Å². The van der Waals surface area contributed by atoms with Crippen molar-refractivity contribution in [3.8, 4) is 0 Å². The molecule has 0 aromatic carbocycles. The molecule has 0 nitrogen and oxygen atoms in total. The van der Waals surface area contributed by atoms with Crippen LogP contribution < -0.4 is 0 Å². The van der Waals surface area contributed by atoms with E-state index in [0.717, 1.165) is 0 Å². The van der Waals surface area contributed by atoms with E-state index in [1.165, 1.54) is 0 Å². The molecule has 0 aliphatic rings. The Hall–Kier alpha value is -0.820. The van der Waals surface area contributed by atoms with Crippen molar-refractivity contribution in [3.05, 3.63) is 12.2 Å². The van der Waals surface area contributed by atoms with Crippen molar-refractivity contribution in [2.24, 2.45) is 0 Å². The quantitative estimate of drug-likeness (QED) is 0.618. The lowest BCUT2D eigenvalue weighted by atomic mass is 10.2. The molecular formula is C5H2F8. The third-order valence-corrected chi connectivity index (χ3v) is 0.927. The molecule has 0 aromatic heterocycles. The van der Waals surface area contributed by atoms with E-state index in [1.807, 2.05) is 0 Å². The summed E-state index contributed by atoms with van der Waals surface area (Å²) in [5.41, 5.74) is 0. The van der Waals surface area contributed by atoms with Crippen LogP contribution in [0.25, 0.3) is 0 Å². The van der Waals surface area contributed by atoms with Crippen LogP contribution in [0.3, 0.4) is 0 Å². The van der Waals surface area contributed by atoms with Gasteiger partial charge in [0.1, 0.15) is 0 Å². The Morgan fingerprint density at radius 2 is 1.38 bits per heavy atom. The zero-order chi connectivity index (χ0) is 10.9. The highest BCUT2D eigenvalue weighted by Gasteiger charge is 2.56. The normalized spacial score (nSPS) is 15.4. The van der Waals surface area contributed by atoms with E-state index in [-0.39, 0.29) is 0 Å². The van der Waals surface area contributed by atoms with E-state index in [2.05, 4.69) is 0 Å². The Balaban J connectivity index is 4.75. The summed E-state index contributed by atoms with van der Waals surface area (Å²) in [5, 5.41) is 0. The predicted octanol–water partition coefficient (Wildman–Crippen LogP) is 3.30. The minimum absolute atomic E-state index is 1.37. The van der Waals surface area contributed by atoms with E-state index in [1.54, 1.807) is 0 Å². The van der Waals surface area contributed by atoms with Gasteiger partial charge in [-0.05, 0) is 0 Å². The van der Waals surface area contributed by atoms with Crippen LogP contribution in [0.15, 0.2) is 12.2 Å². The van der Waals surface area contributed by atoms with Gasteiger partial charge in [-0.1, -0.05) is 0 Å². The lowest BCUT2D eigenvalue weighted by Gasteiger charge is -2.18. The van der Waals surface area contributed by atoms with Crippen molar-refractivity contribution in [3.63, 3.8) is 0 Å². The van der Waals surface area contributed by atoms with Gasteiger partial charge in [0, 0.05) is 0 Å². The molecule has 1 atom stereocenters. The third kappa shape index (κ3) is 3.60. The maximum Gasteiger partial charge on any atom is 0.426 e. The summed E-state index contributed by atoms with van der Waals surface area (Å²) in [6.45, 7) is 0. The van der Waals surface area contributed by atoms with Crippen LogP contribution in [-0.2, 0) is 0 Å². The number of rotatable bonds is 2. The maximum absolute atomic E-state index is 11.9. The highest BCUT2D eigenvalue weighted by molar-refractivity contribution is 5.01. The van der Waals surface area contributed by atoms with Crippen molar-refractivity contribution in [1.82, 2.24) is 0 Å². The number of hydrogen-bond acceptors (Lipinski definition) is 0. The van der Waals surface area contributed by atoms with Gasteiger partial charge in [-0.2, -0.15) is 30.7 Å². The standard InChI is InChI=1S/C5H2F8/c6-2(7)1-4(9,10)3(8)5(11,12)13/h1,3H. The predicted molar refractivity (Wildman–Crippen MR) is 26.2 cm³/mol. The summed E-state index contributed by atoms with van der Waals surface area (Å²) in [4.78, 5) is 0. The van der Waals surface area contributed by atoms with Crippen LogP contribution in [-0.4, -0.2) is 18.3 Å². The molecule has 0 amide bonds. The molecule has 0 aliphatic carbocycles. The van der Waals surface area contributed by atoms with E-state index in [0.29, 0.717) is 0 Å². The number of halogens is 8. The SMILES string of the molecule is FC(F)=CC(F)(F)C(F)C(F)(F)F. The molecule has 0 aromatic rings. The molecule has 0 rings (SSSR count). The fourth-order valence-electron chi connectivity index (χ4n) is 0.437. The van der Waals surface area contributed by atoms with Crippen molar-refractivity contribution in [2.45, 2.75) is 18.3 Å². The second-order valence-electron chi connectivity index (χ2n) is 2.01. The topological polar surface area (TPSA) is 0 Å². The van der Waals surface area contributed by atoms with Crippen molar-refractivity contribution >= 4 is 0 Å². The maximum atomic E-state index is 11.9. The van der Waals surface area contributed by atoms with E-state index >= 15 is 0 Å². The van der Waals surface area contributed by atoms with Gasteiger partial charge in [0.15, 0.2) is 0 Å². The van der Waals surface area contributed by atoms with E-state index in [9.17, 15) is 35.1 Å². The average Bonchev–Trinajstić information content (AvgIpc) is 1.80. The first-order chi connectivity index (χ1) is 5.57. The zero-order valence-corrected chi connectivity index (χ0v) is 5.68. The fraction of sp³-hybridized carbons (Fsp3) is 0.600. The highest BCUT2D eigenvalue weighted by atomic mass is 19.4. The van der Waals surface area contributed by atoms with Gasteiger partial charge in [0.25, 0.3) is 12.3 Å². The van der Waals surface area contributed by atoms with Gasteiger partial charge in [-0.25, -0.2) is 4.39 Å². The molecule has 0 bridgehead atoms. The first kappa shape index (κ1) is 12.2. The summed E-state index contributed by atoms with van der Waals surface area (Å²) in [6, 6.07) is 0. The first-order valence-corrected chi connectivity index (χ1v) is 2.70. The van der Waals surface area contributed by atoms with Gasteiger partial charge in [0.05, 0.1) is 6.08 Å². The third-order valence-electron chi connectivity index (χ3n) is 0.927. The van der Waals surface area contributed by atoms with Crippen LogP contribution in [0.5, 0.6) is 0 Å². The number of allylic oxidation sites excluding steroid dienone is 1. The average molecular weight is 214 g/mol. The molecule has 8 heteroatoms. The van der Waals surface area contributed by atoms with Gasteiger partial charge in [0.2, 0.25) is 0 Å². The van der Waals surface area contributed by atoms with Gasteiger partial charge >= 0.3 is 12.1 Å². The lowest BCUT2D eigenvalue weighted by molar-refractivity contribution is -0.231. The van der Waals surface area contributed by atoms with Crippen LogP contribution in [0.1, 0.15) is 0 Å². The van der Waals surface area contributed by atoms with Gasteiger partial charge in [-0.15, -0.1) is 0 Å². The summed E-state index contributed by atoms with van der Waals surface area (Å²) < 4.78 is 91.7. The Bertz CT molecular complexity index is 197. The Kier molecular flexibility index (Phi) is 3.28. The fourth-order valence-corrected chi connectivity index (χ4v) is 0.437.